The first kappa shape index (κ1) is 6.43. The van der Waals surface area contributed by atoms with Crippen LogP contribution in [0.25, 0.3) is 0 Å². The summed E-state index contributed by atoms with van der Waals surface area (Å²) < 4.78 is 0. The first-order valence-corrected chi connectivity index (χ1v) is 3.64. The van der Waals surface area contributed by atoms with Gasteiger partial charge in [0.1, 0.15) is 0 Å². The lowest BCUT2D eigenvalue weighted by Gasteiger charge is -2.39. The number of nitrogens with zero attached hydrogens (tertiary/aromatic N) is 1. The normalized spacial score (nSPS) is 24.0. The molecular weight excluding hydrogens is 118 g/mol. The number of hydrogen-bond acceptors (Lipinski definition) is 2. The van der Waals surface area contributed by atoms with E-state index in [1.807, 2.05) is 0 Å². The van der Waals surface area contributed by atoms with Gasteiger partial charge in [-0.15, -0.1) is 0 Å². The lowest BCUT2D eigenvalue weighted by atomic mass is 10.1. The highest BCUT2D eigenvalue weighted by atomic mass is 32.1. The molecule has 1 aliphatic rings. The summed E-state index contributed by atoms with van der Waals surface area (Å²) in [7, 11) is 0. The van der Waals surface area contributed by atoms with Gasteiger partial charge in [0.15, 0.2) is 0 Å². The van der Waals surface area contributed by atoms with Gasteiger partial charge >= 0.3 is 0 Å². The van der Waals surface area contributed by atoms with E-state index in [0.717, 1.165) is 6.04 Å². The zero-order valence-electron chi connectivity index (χ0n) is 5.46. The fourth-order valence-corrected chi connectivity index (χ4v) is 1.33. The van der Waals surface area contributed by atoms with Crippen LogP contribution in [-0.4, -0.2) is 29.3 Å². The topological polar surface area (TPSA) is 3.24 Å². The molecule has 0 aliphatic carbocycles. The molecule has 0 aromatic carbocycles. The van der Waals surface area contributed by atoms with Gasteiger partial charge in [0.25, 0.3) is 0 Å². The molecule has 1 aliphatic heterocycles. The fraction of sp³-hybridized carbons (Fsp3) is 1.00. The molecule has 1 fully saturated rings. The van der Waals surface area contributed by atoms with Gasteiger partial charge in [-0.2, -0.15) is 12.6 Å². The largest absolute Gasteiger partial charge is 0.299 e. The van der Waals surface area contributed by atoms with Crippen LogP contribution in [0.5, 0.6) is 0 Å². The van der Waals surface area contributed by atoms with E-state index in [2.05, 4.69) is 31.4 Å². The second-order valence-corrected chi connectivity index (χ2v) is 3.43. The second kappa shape index (κ2) is 2.28. The third-order valence-corrected chi connectivity index (χ3v) is 1.95. The van der Waals surface area contributed by atoms with Crippen LogP contribution in [0.2, 0.25) is 0 Å². The van der Waals surface area contributed by atoms with Crippen LogP contribution in [0.1, 0.15) is 13.8 Å². The van der Waals surface area contributed by atoms with Gasteiger partial charge in [-0.05, 0) is 13.8 Å². The molecule has 0 atom stereocenters. The molecule has 0 bridgehead atoms. The highest BCUT2D eigenvalue weighted by Crippen LogP contribution is 2.15. The van der Waals surface area contributed by atoms with Gasteiger partial charge in [-0.3, -0.25) is 4.90 Å². The zero-order chi connectivity index (χ0) is 6.15. The fourth-order valence-electron chi connectivity index (χ4n) is 0.910. The quantitative estimate of drug-likeness (QED) is 0.520. The SMILES string of the molecule is CC(C)N1CC(S)C1. The maximum atomic E-state index is 4.30. The number of rotatable bonds is 1. The Morgan fingerprint density at radius 2 is 2.00 bits per heavy atom. The molecule has 1 saturated heterocycles. The molecule has 1 heterocycles. The molecule has 1 nitrogen and oxygen atoms in total. The Balaban J connectivity index is 2.15. The van der Waals surface area contributed by atoms with E-state index in [-0.39, 0.29) is 0 Å². The molecule has 8 heavy (non-hydrogen) atoms. The van der Waals surface area contributed by atoms with Gasteiger partial charge in [-0.25, -0.2) is 0 Å². The number of hydrogen-bond donors (Lipinski definition) is 1. The van der Waals surface area contributed by atoms with E-state index in [1.54, 1.807) is 0 Å². The average Bonchev–Trinajstić information content (AvgIpc) is 1.57. The Bertz CT molecular complexity index is 76.6. The van der Waals surface area contributed by atoms with Gasteiger partial charge in [0.05, 0.1) is 0 Å². The first-order chi connectivity index (χ1) is 3.70. The van der Waals surface area contributed by atoms with Crippen molar-refractivity contribution in [2.75, 3.05) is 13.1 Å². The van der Waals surface area contributed by atoms with Gasteiger partial charge in [0.2, 0.25) is 0 Å². The summed E-state index contributed by atoms with van der Waals surface area (Å²) in [5.41, 5.74) is 0. The predicted octanol–water partition coefficient (Wildman–Crippen LogP) is 1.01. The lowest BCUT2D eigenvalue weighted by molar-refractivity contribution is 0.147. The maximum Gasteiger partial charge on any atom is 0.0272 e. The maximum absolute atomic E-state index is 4.30. The minimum atomic E-state index is 0.650. The van der Waals surface area contributed by atoms with Crippen LogP contribution in [0, 0.1) is 0 Å². The van der Waals surface area contributed by atoms with Crippen molar-refractivity contribution in [2.45, 2.75) is 25.1 Å². The zero-order valence-corrected chi connectivity index (χ0v) is 6.36. The van der Waals surface area contributed by atoms with Crippen molar-refractivity contribution in [3.05, 3.63) is 0 Å². The monoisotopic (exact) mass is 131 g/mol. The molecule has 2 heteroatoms. The highest BCUT2D eigenvalue weighted by Gasteiger charge is 2.24. The summed E-state index contributed by atoms with van der Waals surface area (Å²) in [6, 6.07) is 0.721. The van der Waals surface area contributed by atoms with Crippen LogP contribution < -0.4 is 0 Å². The molecule has 0 radical (unpaired) electrons. The van der Waals surface area contributed by atoms with Crippen LogP contribution in [0.15, 0.2) is 0 Å². The predicted molar refractivity (Wildman–Crippen MR) is 39.5 cm³/mol. The average molecular weight is 131 g/mol. The molecule has 48 valence electrons. The Hall–Kier alpha value is 0.310. The van der Waals surface area contributed by atoms with Crippen molar-refractivity contribution in [1.29, 1.82) is 0 Å². The summed E-state index contributed by atoms with van der Waals surface area (Å²) in [6.07, 6.45) is 0. The summed E-state index contributed by atoms with van der Waals surface area (Å²) >= 11 is 4.30. The van der Waals surface area contributed by atoms with Crippen molar-refractivity contribution in [3.8, 4) is 0 Å². The summed E-state index contributed by atoms with van der Waals surface area (Å²) in [6.45, 7) is 6.81. The van der Waals surface area contributed by atoms with Gasteiger partial charge in [-0.1, -0.05) is 0 Å². The molecule has 1 rings (SSSR count). The number of thiol groups is 1. The van der Waals surface area contributed by atoms with E-state index < -0.39 is 0 Å². The molecule has 0 N–H and O–H groups in total. The van der Waals surface area contributed by atoms with Crippen molar-refractivity contribution in [2.24, 2.45) is 0 Å². The standard InChI is InChI=1S/C6H13NS/c1-5(2)7-3-6(8)4-7/h5-6,8H,3-4H2,1-2H3. The third-order valence-electron chi connectivity index (χ3n) is 1.62. The molecule has 0 amide bonds. The summed E-state index contributed by atoms with van der Waals surface area (Å²) in [5, 5.41) is 0.650. The van der Waals surface area contributed by atoms with Gasteiger partial charge in [0, 0.05) is 24.4 Å². The van der Waals surface area contributed by atoms with Crippen molar-refractivity contribution in [1.82, 2.24) is 4.90 Å². The lowest BCUT2D eigenvalue weighted by Crippen LogP contribution is -2.51. The van der Waals surface area contributed by atoms with E-state index in [9.17, 15) is 0 Å². The second-order valence-electron chi connectivity index (χ2n) is 2.70. The Morgan fingerprint density at radius 1 is 1.50 bits per heavy atom. The van der Waals surface area contributed by atoms with E-state index in [0.29, 0.717) is 5.25 Å². The Labute approximate surface area is 56.5 Å². The van der Waals surface area contributed by atoms with E-state index in [4.69, 9.17) is 0 Å². The molecule has 0 unspecified atom stereocenters. The minimum Gasteiger partial charge on any atom is -0.299 e. The van der Waals surface area contributed by atoms with E-state index >= 15 is 0 Å². The van der Waals surface area contributed by atoms with Crippen molar-refractivity contribution in [3.63, 3.8) is 0 Å². The number of likely N-dealkylation sites (tertiary alicyclic amines) is 1. The molecule has 0 aromatic heterocycles. The van der Waals surface area contributed by atoms with Crippen molar-refractivity contribution >= 4 is 12.6 Å². The van der Waals surface area contributed by atoms with Crippen LogP contribution in [0.3, 0.4) is 0 Å². The molecule has 0 aromatic rings. The van der Waals surface area contributed by atoms with Crippen LogP contribution in [0.4, 0.5) is 0 Å². The smallest absolute Gasteiger partial charge is 0.0272 e. The van der Waals surface area contributed by atoms with Crippen molar-refractivity contribution < 1.29 is 0 Å². The summed E-state index contributed by atoms with van der Waals surface area (Å²) in [4.78, 5) is 2.41. The van der Waals surface area contributed by atoms with Gasteiger partial charge < -0.3 is 0 Å². The van der Waals surface area contributed by atoms with Crippen LogP contribution >= 0.6 is 12.6 Å². The Kier molecular flexibility index (Phi) is 1.83. The first-order valence-electron chi connectivity index (χ1n) is 3.12. The molecule has 0 saturated carbocycles. The van der Waals surface area contributed by atoms with Crippen LogP contribution in [-0.2, 0) is 0 Å². The highest BCUT2D eigenvalue weighted by molar-refractivity contribution is 7.81. The minimum absolute atomic E-state index is 0.650. The van der Waals surface area contributed by atoms with E-state index in [1.165, 1.54) is 13.1 Å². The summed E-state index contributed by atoms with van der Waals surface area (Å²) in [5.74, 6) is 0. The molecule has 0 spiro atoms. The Morgan fingerprint density at radius 3 is 2.12 bits per heavy atom. The molecular formula is C6H13NS. The third kappa shape index (κ3) is 1.17.